The zero-order valence-electron chi connectivity index (χ0n) is 17.8. The number of nitrogens with zero attached hydrogens (tertiary/aromatic N) is 1. The molecule has 2 aromatic carbocycles. The fourth-order valence-electron chi connectivity index (χ4n) is 3.21. The summed E-state index contributed by atoms with van der Waals surface area (Å²) in [5, 5.41) is 3.60. The third-order valence-corrected chi connectivity index (χ3v) is 5.39. The Morgan fingerprint density at radius 1 is 1.06 bits per heavy atom. The van der Waals surface area contributed by atoms with Crippen molar-refractivity contribution in [3.63, 3.8) is 0 Å². The van der Waals surface area contributed by atoms with Gasteiger partial charge >= 0.3 is 12.0 Å². The van der Waals surface area contributed by atoms with Crippen molar-refractivity contribution in [2.75, 3.05) is 7.11 Å². The van der Waals surface area contributed by atoms with E-state index in [1.807, 2.05) is 12.1 Å². The Morgan fingerprint density at radius 2 is 1.79 bits per heavy atom. The van der Waals surface area contributed by atoms with E-state index in [1.54, 1.807) is 30.3 Å². The number of amides is 3. The zero-order valence-corrected chi connectivity index (χ0v) is 19.4. The zero-order chi connectivity index (χ0) is 24.2. The van der Waals surface area contributed by atoms with Crippen LogP contribution < -0.4 is 10.1 Å². The van der Waals surface area contributed by atoms with Crippen LogP contribution in [0.4, 0.5) is 4.79 Å². The predicted molar refractivity (Wildman–Crippen MR) is 124 cm³/mol. The Hall–Kier alpha value is -3.75. The molecule has 8 nitrogen and oxygen atoms in total. The lowest BCUT2D eigenvalue weighted by Crippen LogP contribution is -2.30. The van der Waals surface area contributed by atoms with Crippen LogP contribution in [0.15, 0.2) is 64.7 Å². The predicted octanol–water partition coefficient (Wildman–Crippen LogP) is 5.04. The maximum atomic E-state index is 12.9. The van der Waals surface area contributed by atoms with Gasteiger partial charge in [0.1, 0.15) is 23.8 Å². The summed E-state index contributed by atoms with van der Waals surface area (Å²) in [5.74, 6) is -0.525. The van der Waals surface area contributed by atoms with E-state index in [0.717, 1.165) is 10.5 Å². The lowest BCUT2D eigenvalue weighted by Gasteiger charge is -2.11. The summed E-state index contributed by atoms with van der Waals surface area (Å²) in [7, 11) is 1.22. The molecule has 3 aromatic rings. The first-order chi connectivity index (χ1) is 16.3. The summed E-state index contributed by atoms with van der Waals surface area (Å²) in [6.45, 7) is 0.108. The van der Waals surface area contributed by atoms with Gasteiger partial charge in [0.2, 0.25) is 5.76 Å². The quantitative estimate of drug-likeness (QED) is 0.277. The fraction of sp³-hybridized carbons (Fsp3) is 0.125. The lowest BCUT2D eigenvalue weighted by atomic mass is 10.1. The molecule has 0 aliphatic carbocycles. The van der Waals surface area contributed by atoms with Crippen LogP contribution in [0.2, 0.25) is 10.0 Å². The molecule has 0 atom stereocenters. The molecule has 1 aromatic heterocycles. The molecule has 4 rings (SSSR count). The molecule has 1 aliphatic heterocycles. The maximum Gasteiger partial charge on any atom is 0.373 e. The van der Waals surface area contributed by atoms with E-state index >= 15 is 0 Å². The second kappa shape index (κ2) is 10.0. The monoisotopic (exact) mass is 500 g/mol. The van der Waals surface area contributed by atoms with E-state index in [1.165, 1.54) is 25.3 Å². The normalized spacial score (nSPS) is 14.4. The first-order valence-corrected chi connectivity index (χ1v) is 10.8. The first-order valence-electron chi connectivity index (χ1n) is 10.0. The molecule has 0 spiro atoms. The van der Waals surface area contributed by atoms with Crippen LogP contribution in [0.1, 0.15) is 27.4 Å². The highest BCUT2D eigenvalue weighted by molar-refractivity contribution is 6.31. The van der Waals surface area contributed by atoms with E-state index in [-0.39, 0.29) is 30.4 Å². The highest BCUT2D eigenvalue weighted by Crippen LogP contribution is 2.28. The van der Waals surface area contributed by atoms with Crippen LogP contribution in [0.5, 0.6) is 5.75 Å². The molecule has 1 saturated heterocycles. The molecule has 0 bridgehead atoms. The average molecular weight is 501 g/mol. The van der Waals surface area contributed by atoms with Crippen LogP contribution in [0.25, 0.3) is 6.08 Å². The molecule has 0 unspecified atom stereocenters. The number of furan rings is 1. The largest absolute Gasteiger partial charge is 0.488 e. The number of carbonyl (C=O) groups excluding carboxylic acids is 3. The van der Waals surface area contributed by atoms with Gasteiger partial charge in [-0.2, -0.15) is 0 Å². The van der Waals surface area contributed by atoms with Gasteiger partial charge < -0.3 is 19.2 Å². The van der Waals surface area contributed by atoms with Crippen molar-refractivity contribution in [3.8, 4) is 5.75 Å². The molecular weight excluding hydrogens is 483 g/mol. The van der Waals surface area contributed by atoms with Crippen LogP contribution in [-0.4, -0.2) is 29.9 Å². The minimum absolute atomic E-state index is 0.0262. The molecule has 2 heterocycles. The van der Waals surface area contributed by atoms with Crippen LogP contribution in [0, 0.1) is 0 Å². The van der Waals surface area contributed by atoms with Gasteiger partial charge in [-0.05, 0) is 54.1 Å². The smallest absolute Gasteiger partial charge is 0.373 e. The maximum absolute atomic E-state index is 12.9. The van der Waals surface area contributed by atoms with Gasteiger partial charge in [0, 0.05) is 15.6 Å². The molecule has 10 heteroatoms. The molecule has 1 fully saturated rings. The van der Waals surface area contributed by atoms with Crippen molar-refractivity contribution < 1.29 is 28.3 Å². The van der Waals surface area contributed by atoms with Crippen molar-refractivity contribution in [3.05, 3.63) is 93.0 Å². The minimum Gasteiger partial charge on any atom is -0.488 e. The average Bonchev–Trinajstić information content (AvgIpc) is 3.39. The van der Waals surface area contributed by atoms with Gasteiger partial charge in [-0.3, -0.25) is 9.69 Å². The third-order valence-electron chi connectivity index (χ3n) is 4.90. The molecule has 3 amide bonds. The van der Waals surface area contributed by atoms with Crippen LogP contribution in [-0.2, 0) is 22.7 Å². The van der Waals surface area contributed by atoms with Crippen LogP contribution in [0.3, 0.4) is 0 Å². The number of imide groups is 1. The van der Waals surface area contributed by atoms with Gasteiger partial charge in [0.05, 0.1) is 13.7 Å². The highest BCUT2D eigenvalue weighted by atomic mass is 35.5. The van der Waals surface area contributed by atoms with E-state index in [9.17, 15) is 14.4 Å². The van der Waals surface area contributed by atoms with Gasteiger partial charge in [-0.15, -0.1) is 0 Å². The summed E-state index contributed by atoms with van der Waals surface area (Å²) < 4.78 is 15.8. The topological polar surface area (TPSA) is 98.1 Å². The summed E-state index contributed by atoms with van der Waals surface area (Å²) >= 11 is 12.1. The molecule has 34 heavy (non-hydrogen) atoms. The second-order valence-electron chi connectivity index (χ2n) is 7.23. The number of halogens is 2. The Kier molecular flexibility index (Phi) is 6.90. The lowest BCUT2D eigenvalue weighted by molar-refractivity contribution is -0.123. The number of urea groups is 1. The van der Waals surface area contributed by atoms with E-state index in [0.29, 0.717) is 21.4 Å². The fourth-order valence-corrected chi connectivity index (χ4v) is 3.51. The van der Waals surface area contributed by atoms with Crippen molar-refractivity contribution in [2.24, 2.45) is 0 Å². The number of ether oxygens (including phenoxy) is 2. The van der Waals surface area contributed by atoms with Crippen molar-refractivity contribution in [2.45, 2.75) is 13.2 Å². The van der Waals surface area contributed by atoms with Gasteiger partial charge in [0.25, 0.3) is 5.91 Å². The number of benzene rings is 2. The number of nitrogens with one attached hydrogen (secondary N) is 1. The summed E-state index contributed by atoms with van der Waals surface area (Å²) in [5.41, 5.74) is 1.46. The summed E-state index contributed by atoms with van der Waals surface area (Å²) in [6.07, 6.45) is 1.49. The highest BCUT2D eigenvalue weighted by Gasteiger charge is 2.34. The van der Waals surface area contributed by atoms with Crippen molar-refractivity contribution in [1.29, 1.82) is 0 Å². The van der Waals surface area contributed by atoms with E-state index in [4.69, 9.17) is 32.4 Å². The Labute approximate surface area is 204 Å². The van der Waals surface area contributed by atoms with Crippen molar-refractivity contribution in [1.82, 2.24) is 10.2 Å². The summed E-state index contributed by atoms with van der Waals surface area (Å²) in [6, 6.07) is 14.5. The molecular formula is C24H18Cl2N2O6. The number of esters is 1. The van der Waals surface area contributed by atoms with Gasteiger partial charge in [0.15, 0.2) is 0 Å². The van der Waals surface area contributed by atoms with Gasteiger partial charge in [-0.25, -0.2) is 9.59 Å². The number of carbonyl (C=O) groups is 3. The molecule has 1 aliphatic rings. The Balaban J connectivity index is 1.52. The summed E-state index contributed by atoms with van der Waals surface area (Å²) in [4.78, 5) is 37.8. The molecule has 0 radical (unpaired) electrons. The number of hydrogen-bond donors (Lipinski definition) is 1. The molecule has 1 N–H and O–H groups in total. The van der Waals surface area contributed by atoms with Crippen molar-refractivity contribution >= 4 is 47.2 Å². The standard InChI is InChI=1S/C24H18Cl2N2O6/c1-32-23(30)21-9-7-18(34-21)12-28-22(29)19(27-24(28)31)11-15-10-17(26)6-8-20(15)33-13-14-2-4-16(25)5-3-14/h2-11H,12-13H2,1H3,(H,27,31)/b19-11-. The first kappa shape index (κ1) is 23.4. The van der Waals surface area contributed by atoms with Crippen LogP contribution >= 0.6 is 23.2 Å². The minimum atomic E-state index is -0.656. The SMILES string of the molecule is COC(=O)c1ccc(CN2C(=O)N/C(=C\c3cc(Cl)ccc3OCc3ccc(Cl)cc3)C2=O)o1. The Morgan fingerprint density at radius 3 is 2.53 bits per heavy atom. The number of rotatable bonds is 7. The van der Waals surface area contributed by atoms with E-state index < -0.39 is 17.9 Å². The molecule has 0 saturated carbocycles. The Bertz CT molecular complexity index is 1280. The van der Waals surface area contributed by atoms with Gasteiger partial charge in [-0.1, -0.05) is 35.3 Å². The number of hydrogen-bond acceptors (Lipinski definition) is 6. The third kappa shape index (κ3) is 5.24. The number of methoxy groups -OCH3 is 1. The van der Waals surface area contributed by atoms with E-state index in [2.05, 4.69) is 10.1 Å². The second-order valence-corrected chi connectivity index (χ2v) is 8.11. The molecule has 174 valence electrons.